The lowest BCUT2D eigenvalue weighted by Crippen LogP contribution is -2.55. The Morgan fingerprint density at radius 1 is 0.730 bits per heavy atom. The van der Waals surface area contributed by atoms with Crippen molar-refractivity contribution >= 4 is 17.6 Å². The third kappa shape index (κ3) is 9.61. The highest BCUT2D eigenvalue weighted by atomic mass is 16.7. The van der Waals surface area contributed by atoms with Gasteiger partial charge >= 0.3 is 5.91 Å². The number of benzene rings is 3. The normalized spacial score (nSPS) is 12.4. The number of hydrogen-bond acceptors (Lipinski definition) is 6. The second-order valence-corrected chi connectivity index (χ2v) is 8.43. The van der Waals surface area contributed by atoms with Gasteiger partial charge in [0.2, 0.25) is 11.7 Å². The van der Waals surface area contributed by atoms with Crippen LogP contribution in [0.5, 0.6) is 0 Å². The molecule has 0 heterocycles. The lowest BCUT2D eigenvalue weighted by molar-refractivity contribution is -0.148. The van der Waals surface area contributed by atoms with E-state index >= 15 is 0 Å². The molecule has 0 spiro atoms. The Hall–Kier alpha value is -3.85. The number of Topliss-reactive ketones (excluding diaryl/α,β-unsaturated/α-hetero) is 1. The number of carbonyl (C=O) groups is 3. The zero-order valence-electron chi connectivity index (χ0n) is 20.9. The Bertz CT molecular complexity index is 1110. The molecule has 0 unspecified atom stereocenters. The molecule has 0 saturated carbocycles. The first-order valence-electron chi connectivity index (χ1n) is 12.3. The zero-order valence-corrected chi connectivity index (χ0v) is 20.9. The smallest absolute Gasteiger partial charge is 0.313 e. The molecule has 0 aliphatic rings. The molecule has 0 aliphatic carbocycles. The maximum absolute atomic E-state index is 13.1. The number of ether oxygens (including phenoxy) is 1. The van der Waals surface area contributed by atoms with Gasteiger partial charge in [0.25, 0.3) is 0 Å². The lowest BCUT2D eigenvalue weighted by atomic mass is 10.0. The van der Waals surface area contributed by atoms with E-state index in [1.165, 1.54) is 0 Å². The van der Waals surface area contributed by atoms with E-state index in [9.17, 15) is 14.4 Å². The maximum atomic E-state index is 13.1. The lowest BCUT2D eigenvalue weighted by Gasteiger charge is -2.22. The molecule has 0 saturated heterocycles. The minimum Gasteiger partial charge on any atom is -0.375 e. The summed E-state index contributed by atoms with van der Waals surface area (Å²) in [5, 5.41) is 5.83. The summed E-state index contributed by atoms with van der Waals surface area (Å²) in [4.78, 5) is 44.0. The summed E-state index contributed by atoms with van der Waals surface area (Å²) in [5.74, 6) is -2.16. The molecule has 0 bridgehead atoms. The first-order chi connectivity index (χ1) is 18.1. The molecule has 0 aromatic heterocycles. The van der Waals surface area contributed by atoms with Crippen molar-refractivity contribution in [3.63, 3.8) is 0 Å². The third-order valence-corrected chi connectivity index (χ3v) is 5.55. The van der Waals surface area contributed by atoms with Gasteiger partial charge in [-0.25, -0.2) is 5.48 Å². The monoisotopic (exact) mass is 503 g/mol. The SMILES string of the molecule is CCN[C@H](COCc1ccccc1)C(=O)N[C@@H](Cc1ccccc1)C(=O)C(=O)NOCc1ccccc1. The summed E-state index contributed by atoms with van der Waals surface area (Å²) in [5.41, 5.74) is 4.83. The van der Waals surface area contributed by atoms with Crippen molar-refractivity contribution < 1.29 is 24.0 Å². The van der Waals surface area contributed by atoms with Gasteiger partial charge in [-0.3, -0.25) is 19.2 Å². The molecule has 2 atom stereocenters. The Morgan fingerprint density at radius 3 is 1.84 bits per heavy atom. The fourth-order valence-electron chi connectivity index (χ4n) is 3.64. The first-order valence-corrected chi connectivity index (χ1v) is 12.3. The van der Waals surface area contributed by atoms with Crippen LogP contribution in [0.1, 0.15) is 23.6 Å². The molecule has 37 heavy (non-hydrogen) atoms. The van der Waals surface area contributed by atoms with E-state index in [0.29, 0.717) is 13.2 Å². The van der Waals surface area contributed by atoms with Crippen LogP contribution in [0.4, 0.5) is 0 Å². The van der Waals surface area contributed by atoms with E-state index < -0.39 is 29.7 Å². The van der Waals surface area contributed by atoms with Crippen LogP contribution in [-0.4, -0.2) is 42.8 Å². The number of nitrogens with one attached hydrogen (secondary N) is 3. The van der Waals surface area contributed by atoms with Gasteiger partial charge in [-0.1, -0.05) is 97.9 Å². The summed E-state index contributed by atoms with van der Waals surface area (Å²) in [6, 6.07) is 26.3. The molecule has 0 aliphatic heterocycles. The number of likely N-dealkylation sites (N-methyl/N-ethyl adjacent to an activating group) is 1. The minimum atomic E-state index is -1.08. The number of amides is 2. The predicted molar refractivity (Wildman–Crippen MR) is 140 cm³/mol. The van der Waals surface area contributed by atoms with Crippen LogP contribution in [0, 0.1) is 0 Å². The molecule has 3 aromatic carbocycles. The van der Waals surface area contributed by atoms with Gasteiger partial charge in [0, 0.05) is 6.42 Å². The van der Waals surface area contributed by atoms with Gasteiger partial charge in [-0.15, -0.1) is 0 Å². The quantitative estimate of drug-likeness (QED) is 0.218. The Morgan fingerprint density at radius 2 is 1.27 bits per heavy atom. The molecule has 3 N–H and O–H groups in total. The Balaban J connectivity index is 1.62. The molecular weight excluding hydrogens is 470 g/mol. The van der Waals surface area contributed by atoms with Gasteiger partial charge in [0.15, 0.2) is 0 Å². The van der Waals surface area contributed by atoms with Gasteiger partial charge < -0.3 is 15.4 Å². The third-order valence-electron chi connectivity index (χ3n) is 5.55. The van der Waals surface area contributed by atoms with Crippen LogP contribution in [-0.2, 0) is 43.6 Å². The highest BCUT2D eigenvalue weighted by molar-refractivity contribution is 6.38. The number of ketones is 1. The van der Waals surface area contributed by atoms with Crippen LogP contribution in [0.2, 0.25) is 0 Å². The van der Waals surface area contributed by atoms with Crippen molar-refractivity contribution in [1.29, 1.82) is 0 Å². The van der Waals surface area contributed by atoms with E-state index in [1.807, 2.05) is 97.9 Å². The van der Waals surface area contributed by atoms with E-state index in [4.69, 9.17) is 9.57 Å². The molecule has 0 radical (unpaired) electrons. The highest BCUT2D eigenvalue weighted by Gasteiger charge is 2.30. The molecule has 8 nitrogen and oxygen atoms in total. The summed E-state index contributed by atoms with van der Waals surface area (Å²) in [6.07, 6.45) is 0.154. The average Bonchev–Trinajstić information content (AvgIpc) is 2.93. The van der Waals surface area contributed by atoms with Gasteiger partial charge in [-0.05, 0) is 23.2 Å². The summed E-state index contributed by atoms with van der Waals surface area (Å²) in [6.45, 7) is 2.97. The molecule has 3 aromatic rings. The summed E-state index contributed by atoms with van der Waals surface area (Å²) < 4.78 is 5.75. The van der Waals surface area contributed by atoms with Crippen molar-refractivity contribution in [2.45, 2.75) is 38.6 Å². The predicted octanol–water partition coefficient (Wildman–Crippen LogP) is 2.73. The first kappa shape index (κ1) is 27.7. The standard InChI is InChI=1S/C29H33N3O5/c1-2-30-26(21-36-19-23-14-8-4-9-15-23)28(34)31-25(18-22-12-6-3-7-13-22)27(33)29(35)32-37-20-24-16-10-5-11-17-24/h3-17,25-26,30H,2,18-21H2,1H3,(H,31,34)(H,32,35)/t25-,26+/m0/s1. The van der Waals surface area contributed by atoms with Crippen molar-refractivity contribution in [1.82, 2.24) is 16.1 Å². The largest absolute Gasteiger partial charge is 0.375 e. The fraction of sp³-hybridized carbons (Fsp3) is 0.276. The number of hydrogen-bond donors (Lipinski definition) is 3. The number of rotatable bonds is 15. The summed E-state index contributed by atoms with van der Waals surface area (Å²) in [7, 11) is 0. The van der Waals surface area contributed by atoms with E-state index in [0.717, 1.165) is 16.7 Å². The Kier molecular flexibility index (Phi) is 11.5. The molecule has 0 fully saturated rings. The Labute approximate surface area is 217 Å². The summed E-state index contributed by atoms with van der Waals surface area (Å²) >= 11 is 0. The van der Waals surface area contributed by atoms with Crippen LogP contribution in [0.25, 0.3) is 0 Å². The van der Waals surface area contributed by atoms with Crippen LogP contribution in [0.15, 0.2) is 91.0 Å². The van der Waals surface area contributed by atoms with Crippen molar-refractivity contribution in [3.05, 3.63) is 108 Å². The molecule has 3 rings (SSSR count). The molecular formula is C29H33N3O5. The van der Waals surface area contributed by atoms with E-state index in [1.54, 1.807) is 0 Å². The van der Waals surface area contributed by atoms with Gasteiger partial charge in [-0.2, -0.15) is 0 Å². The van der Waals surface area contributed by atoms with Crippen molar-refractivity contribution in [2.24, 2.45) is 0 Å². The van der Waals surface area contributed by atoms with Crippen molar-refractivity contribution in [3.8, 4) is 0 Å². The average molecular weight is 504 g/mol. The topological polar surface area (TPSA) is 106 Å². The van der Waals surface area contributed by atoms with E-state index in [-0.39, 0.29) is 19.6 Å². The van der Waals surface area contributed by atoms with E-state index in [2.05, 4.69) is 16.1 Å². The fourth-order valence-corrected chi connectivity index (χ4v) is 3.64. The number of hydroxylamine groups is 1. The zero-order chi connectivity index (χ0) is 26.3. The van der Waals surface area contributed by atoms with Gasteiger partial charge in [0.05, 0.1) is 19.8 Å². The minimum absolute atomic E-state index is 0.104. The van der Waals surface area contributed by atoms with Crippen LogP contribution >= 0.6 is 0 Å². The maximum Gasteiger partial charge on any atom is 0.313 e. The number of carbonyl (C=O) groups excluding carboxylic acids is 3. The second-order valence-electron chi connectivity index (χ2n) is 8.43. The second kappa shape index (κ2) is 15.3. The van der Waals surface area contributed by atoms with Crippen LogP contribution < -0.4 is 16.1 Å². The van der Waals surface area contributed by atoms with Crippen molar-refractivity contribution in [2.75, 3.05) is 13.2 Å². The highest BCUT2D eigenvalue weighted by Crippen LogP contribution is 2.07. The van der Waals surface area contributed by atoms with Crippen LogP contribution in [0.3, 0.4) is 0 Å². The van der Waals surface area contributed by atoms with Gasteiger partial charge in [0.1, 0.15) is 12.1 Å². The molecule has 194 valence electrons. The molecule has 8 heteroatoms. The molecule has 2 amide bonds.